The largest absolute Gasteiger partial charge is 0.432 e. The van der Waals surface area contributed by atoms with E-state index in [0.29, 0.717) is 36.2 Å². The summed E-state index contributed by atoms with van der Waals surface area (Å²) in [6, 6.07) is 12.8. The summed E-state index contributed by atoms with van der Waals surface area (Å²) in [5.74, 6) is -0.000354. The fourth-order valence-electron chi connectivity index (χ4n) is 5.07. The summed E-state index contributed by atoms with van der Waals surface area (Å²) in [4.78, 5) is 13.4. The van der Waals surface area contributed by atoms with Crippen molar-refractivity contribution in [3.05, 3.63) is 59.3 Å². The van der Waals surface area contributed by atoms with Crippen LogP contribution >= 0.6 is 30.4 Å². The average Bonchev–Trinajstić information content (AvgIpc) is 3.46. The molecule has 5 rings (SSSR count). The van der Waals surface area contributed by atoms with Gasteiger partial charge in [-0.3, -0.25) is 4.79 Å². The van der Waals surface area contributed by atoms with Gasteiger partial charge >= 0.3 is 6.11 Å². The fourth-order valence-corrected chi connectivity index (χ4v) is 5.72. The molecule has 0 radical (unpaired) electrons. The van der Waals surface area contributed by atoms with Crippen molar-refractivity contribution < 1.29 is 27.6 Å². The molecule has 3 aromatic rings. The van der Waals surface area contributed by atoms with E-state index in [-0.39, 0.29) is 23.7 Å². The Morgan fingerprint density at radius 3 is 2.68 bits per heavy atom. The van der Waals surface area contributed by atoms with E-state index >= 15 is 0 Å². The first-order chi connectivity index (χ1) is 17.4. The van der Waals surface area contributed by atoms with Crippen LogP contribution in [0.4, 0.5) is 14.5 Å². The second kappa shape index (κ2) is 9.69. The zero-order valence-electron chi connectivity index (χ0n) is 20.8. The van der Waals surface area contributed by atoms with E-state index < -0.39 is 24.0 Å². The minimum atomic E-state index is -3.20. The summed E-state index contributed by atoms with van der Waals surface area (Å²) in [5.41, 5.74) is 2.95. The third-order valence-corrected chi connectivity index (χ3v) is 8.07. The maximum absolute atomic E-state index is 13.7. The zero-order chi connectivity index (χ0) is 26.6. The molecular weight excluding hydrogens is 613 g/mol. The highest BCUT2D eigenvalue weighted by Gasteiger charge is 2.52. The Morgan fingerprint density at radius 1 is 1.24 bits per heavy atom. The number of carbonyl (C=O) groups excluding carboxylic acids is 1. The normalized spacial score (nSPS) is 18.4. The SMILES string of the molecule is CC(C)(C)c1cc2cc(NC(=O)C3(c4ccc5c(c4)OC(F)(F)C5)CC3)ccc2n1CC(O)COSI. The number of benzene rings is 2. The summed E-state index contributed by atoms with van der Waals surface area (Å²) in [5, 5.41) is 14.5. The Morgan fingerprint density at radius 2 is 2.00 bits per heavy atom. The number of alkyl halides is 2. The van der Waals surface area contributed by atoms with Crippen molar-refractivity contribution >= 4 is 52.9 Å². The molecule has 2 aromatic carbocycles. The van der Waals surface area contributed by atoms with Gasteiger partial charge in [-0.1, -0.05) is 32.9 Å². The second-order valence-corrected chi connectivity index (χ2v) is 12.4. The number of ether oxygens (including phenoxy) is 1. The number of carbonyl (C=O) groups is 1. The number of aliphatic hydroxyl groups excluding tert-OH is 1. The van der Waals surface area contributed by atoms with E-state index in [1.54, 1.807) is 18.2 Å². The number of aromatic nitrogens is 1. The molecule has 0 saturated heterocycles. The number of fused-ring (bicyclic) bond motifs is 2. The summed E-state index contributed by atoms with van der Waals surface area (Å²) >= 11 is 2.03. The van der Waals surface area contributed by atoms with Crippen molar-refractivity contribution in [1.82, 2.24) is 4.57 Å². The molecule has 6 nitrogen and oxygen atoms in total. The molecule has 1 fully saturated rings. The van der Waals surface area contributed by atoms with E-state index in [1.807, 2.05) is 39.4 Å². The maximum Gasteiger partial charge on any atom is 0.402 e. The van der Waals surface area contributed by atoms with Gasteiger partial charge in [-0.05, 0) is 48.7 Å². The maximum atomic E-state index is 13.7. The highest BCUT2D eigenvalue weighted by Crippen LogP contribution is 2.51. The number of hydrogen-bond donors (Lipinski definition) is 2. The topological polar surface area (TPSA) is 72.7 Å². The predicted molar refractivity (Wildman–Crippen MR) is 149 cm³/mol. The molecule has 0 bridgehead atoms. The minimum absolute atomic E-state index is 0.156. The van der Waals surface area contributed by atoms with Crippen molar-refractivity contribution in [2.24, 2.45) is 0 Å². The first-order valence-corrected chi connectivity index (χ1v) is 15.4. The molecule has 2 aliphatic rings. The van der Waals surface area contributed by atoms with Crippen LogP contribution < -0.4 is 10.1 Å². The predicted octanol–water partition coefficient (Wildman–Crippen LogP) is 6.51. The van der Waals surface area contributed by atoms with Gasteiger partial charge in [-0.25, -0.2) is 0 Å². The van der Waals surface area contributed by atoms with Crippen LogP contribution in [0.1, 0.15) is 50.4 Å². The van der Waals surface area contributed by atoms with Crippen molar-refractivity contribution in [3.8, 4) is 5.75 Å². The number of nitrogens with zero attached hydrogens (tertiary/aromatic N) is 1. The van der Waals surface area contributed by atoms with Gasteiger partial charge in [0.2, 0.25) is 5.91 Å². The highest BCUT2D eigenvalue weighted by molar-refractivity contribution is 14.2. The minimum Gasteiger partial charge on any atom is -0.432 e. The number of anilines is 1. The summed E-state index contributed by atoms with van der Waals surface area (Å²) in [6.45, 7) is 6.98. The molecule has 198 valence electrons. The van der Waals surface area contributed by atoms with Crippen molar-refractivity contribution in [2.75, 3.05) is 11.9 Å². The van der Waals surface area contributed by atoms with Gasteiger partial charge in [0.05, 0.1) is 40.3 Å². The second-order valence-electron chi connectivity index (χ2n) is 10.9. The van der Waals surface area contributed by atoms with Crippen molar-refractivity contribution in [3.63, 3.8) is 0 Å². The van der Waals surface area contributed by atoms with Crippen LogP contribution in [0.15, 0.2) is 42.5 Å². The first kappa shape index (κ1) is 26.7. The summed E-state index contributed by atoms with van der Waals surface area (Å²) in [6.07, 6.45) is -3.01. The number of amides is 1. The fraction of sp³-hybridized carbons (Fsp3) is 0.444. The van der Waals surface area contributed by atoms with Gasteiger partial charge in [0, 0.05) is 54.5 Å². The third-order valence-electron chi connectivity index (χ3n) is 7.09. The molecular formula is C27H29F2IN2O4S. The van der Waals surface area contributed by atoms with Crippen LogP contribution in [-0.4, -0.2) is 34.4 Å². The number of hydrogen-bond acceptors (Lipinski definition) is 5. The van der Waals surface area contributed by atoms with E-state index in [2.05, 4.69) is 36.7 Å². The molecule has 2 N–H and O–H groups in total. The van der Waals surface area contributed by atoms with Gasteiger partial charge in [0.15, 0.2) is 0 Å². The summed E-state index contributed by atoms with van der Waals surface area (Å²) < 4.78 is 39.5. The van der Waals surface area contributed by atoms with E-state index in [1.165, 1.54) is 9.21 Å². The Balaban J connectivity index is 1.39. The van der Waals surface area contributed by atoms with E-state index in [4.69, 9.17) is 8.92 Å². The van der Waals surface area contributed by atoms with Crippen LogP contribution in [0, 0.1) is 0 Å². The van der Waals surface area contributed by atoms with Crippen LogP contribution in [-0.2, 0) is 32.8 Å². The van der Waals surface area contributed by atoms with E-state index in [9.17, 15) is 18.7 Å². The lowest BCUT2D eigenvalue weighted by molar-refractivity contribution is -0.159. The van der Waals surface area contributed by atoms with Gasteiger partial charge in [0.25, 0.3) is 0 Å². The highest BCUT2D eigenvalue weighted by atomic mass is 127. The van der Waals surface area contributed by atoms with Gasteiger partial charge in [-0.15, -0.1) is 0 Å². The summed E-state index contributed by atoms with van der Waals surface area (Å²) in [7, 11) is 1.19. The van der Waals surface area contributed by atoms with Crippen LogP contribution in [0.3, 0.4) is 0 Å². The lowest BCUT2D eigenvalue weighted by Crippen LogP contribution is -2.27. The van der Waals surface area contributed by atoms with Gasteiger partial charge < -0.3 is 23.9 Å². The van der Waals surface area contributed by atoms with Crippen LogP contribution in [0.5, 0.6) is 5.75 Å². The molecule has 0 spiro atoms. The Bertz CT molecular complexity index is 1350. The van der Waals surface area contributed by atoms with E-state index in [0.717, 1.165) is 16.6 Å². The van der Waals surface area contributed by atoms with Crippen molar-refractivity contribution in [1.29, 1.82) is 0 Å². The molecule has 2 heterocycles. The lowest BCUT2D eigenvalue weighted by Gasteiger charge is -2.23. The zero-order valence-corrected chi connectivity index (χ0v) is 23.8. The molecule has 1 aliphatic heterocycles. The quantitative estimate of drug-likeness (QED) is 0.217. The van der Waals surface area contributed by atoms with Crippen LogP contribution in [0.25, 0.3) is 10.9 Å². The lowest BCUT2D eigenvalue weighted by atomic mass is 9.92. The molecule has 1 atom stereocenters. The first-order valence-electron chi connectivity index (χ1n) is 12.2. The number of halogens is 3. The Hall–Kier alpha value is -1.89. The van der Waals surface area contributed by atoms with Gasteiger partial charge in [-0.2, -0.15) is 8.78 Å². The number of nitrogens with one attached hydrogen (secondary N) is 1. The Kier molecular flexibility index (Phi) is 7.00. The van der Waals surface area contributed by atoms with Crippen molar-refractivity contribution in [2.45, 2.75) is 69.6 Å². The number of rotatable bonds is 8. The molecule has 10 heteroatoms. The monoisotopic (exact) mass is 642 g/mol. The molecule has 1 aliphatic carbocycles. The van der Waals surface area contributed by atoms with Crippen LogP contribution in [0.2, 0.25) is 0 Å². The van der Waals surface area contributed by atoms with Gasteiger partial charge in [0.1, 0.15) is 5.75 Å². The standard InChI is InChI=1S/C27H29F2IN2O4S/c1-25(2,3)23-11-17-10-19(6-7-21(17)32(23)14-20(33)15-35-37-30)31-24(34)26(8-9-26)18-5-4-16-13-27(28,29)36-22(16)12-18/h4-7,10-12,20,33H,8-9,13-15H2,1-3H3,(H,31,34). The third kappa shape index (κ3) is 5.35. The molecule has 1 aromatic heterocycles. The molecule has 1 saturated carbocycles. The Labute approximate surface area is 230 Å². The smallest absolute Gasteiger partial charge is 0.402 e. The molecule has 37 heavy (non-hydrogen) atoms. The number of aliphatic hydroxyl groups is 1. The molecule has 1 amide bonds. The molecule has 1 unspecified atom stereocenters. The average molecular weight is 643 g/mol.